The van der Waals surface area contributed by atoms with Gasteiger partial charge in [-0.15, -0.1) is 0 Å². The molecule has 8 N–H and O–H groups in total. The maximum Gasteiger partial charge on any atom is 0.328 e. The van der Waals surface area contributed by atoms with Crippen LogP contribution in [0.2, 0.25) is 0 Å². The number of amides is 8. The second-order valence-electron chi connectivity index (χ2n) is 23.2. The topological polar surface area (TPSA) is 375 Å². The van der Waals surface area contributed by atoms with E-state index in [0.29, 0.717) is 0 Å². The number of carbonyl (C=O) groups excluding carboxylic acids is 12. The first-order valence-corrected chi connectivity index (χ1v) is 34.6. The molecule has 32 heteroatoms. The van der Waals surface area contributed by atoms with Crippen molar-refractivity contribution in [2.24, 2.45) is 29.1 Å². The van der Waals surface area contributed by atoms with E-state index >= 15 is 0 Å². The molecule has 0 aromatic carbocycles. The van der Waals surface area contributed by atoms with Crippen molar-refractivity contribution in [3.63, 3.8) is 0 Å². The summed E-state index contributed by atoms with van der Waals surface area (Å²) in [7, 11) is 9.15. The Balaban J connectivity index is 2.66. The average molecular weight is 1340 g/mol. The van der Waals surface area contributed by atoms with Crippen molar-refractivity contribution >= 4 is 114 Å². The highest BCUT2D eigenvalue weighted by Gasteiger charge is 2.36. The molecule has 8 atom stereocenters. The molecule has 0 saturated carbocycles. The van der Waals surface area contributed by atoms with E-state index in [-0.39, 0.29) is 151 Å². The SMILES string of the molecule is COC(=O)[C@H](CC(C)C)NC(=O)C1CSSCC(C(=O)N[C@@H](CC(C)C)C(=O)OC)NC(=O)CCOCC2(COCCC(=O)N1)COCCC(=O)NC(C(=O)N[C@@H](CC(C)C)C(=O)OC)CSSC[C@@H](C(=O)N[C@@H](CC(C)C)C(=O)OC)NC(=O)CCOC2. The molecule has 28 nitrogen and oxygen atoms in total. The molecule has 0 aromatic heterocycles. The van der Waals surface area contributed by atoms with Gasteiger partial charge in [-0.2, -0.15) is 0 Å². The lowest BCUT2D eigenvalue weighted by molar-refractivity contribution is -0.146. The summed E-state index contributed by atoms with van der Waals surface area (Å²) in [4.78, 5) is 162. The largest absolute Gasteiger partial charge is 0.467 e. The minimum atomic E-state index is -1.32. The van der Waals surface area contributed by atoms with E-state index in [1.165, 1.54) is 28.4 Å². The minimum absolute atomic E-state index is 0.0405. The number of carbonyl (C=O) groups is 12. The van der Waals surface area contributed by atoms with Crippen LogP contribution in [0, 0.1) is 29.1 Å². The van der Waals surface area contributed by atoms with Crippen molar-refractivity contribution in [2.75, 3.05) is 104 Å². The summed E-state index contributed by atoms with van der Waals surface area (Å²) in [5.74, 6) is -8.56. The van der Waals surface area contributed by atoms with Crippen molar-refractivity contribution in [3.05, 3.63) is 0 Å². The van der Waals surface area contributed by atoms with Crippen LogP contribution in [0.3, 0.4) is 0 Å². The van der Waals surface area contributed by atoms with E-state index in [9.17, 15) is 57.5 Å². The number of methoxy groups -OCH3 is 4. The Morgan fingerprint density at radius 3 is 0.753 bits per heavy atom. The maximum atomic E-state index is 13.9. The van der Waals surface area contributed by atoms with E-state index in [0.717, 1.165) is 43.2 Å². The zero-order chi connectivity index (χ0) is 66.6. The van der Waals surface area contributed by atoms with Gasteiger partial charge in [0.2, 0.25) is 47.3 Å². The lowest BCUT2D eigenvalue weighted by Crippen LogP contribution is -2.53. The molecule has 2 aliphatic rings. The summed E-state index contributed by atoms with van der Waals surface area (Å²) in [6, 6.07) is -9.16. The van der Waals surface area contributed by atoms with Crippen LogP contribution in [0.15, 0.2) is 0 Å². The van der Waals surface area contributed by atoms with E-state index in [1.54, 1.807) is 0 Å². The standard InChI is InChI=1S/C57H96N8O20S4/c1-33(2)21-37(53(74)78-9)62-49(70)41-25-86-87-26-42(50(71)63-38(22-34(3)4)54(75)79-10)59-46(67)14-18-83-30-57(29-82-17-13-45(66)58-41)31-84-19-15-47(68)60-43(51(72)64-39(23-35(5)6)55(76)80-11)27-88-89-28-44(61-48(69)16-20-85-32-57)52(73)65-40(24-36(7)8)56(77)81-12/h33-44H,13-32H2,1-12H3,(H,58,66)(H,59,67)(H,60,68)(H,61,69)(H,62,70)(H,63,71)(H,64,72)(H,65,73)/t37-,38-,39-,40-,41-,42?,43?,44?,57?/m0/s1. The van der Waals surface area contributed by atoms with Gasteiger partial charge in [0.15, 0.2) is 0 Å². The van der Waals surface area contributed by atoms with Crippen molar-refractivity contribution in [3.8, 4) is 0 Å². The summed E-state index contributed by atoms with van der Waals surface area (Å²) < 4.78 is 44.4. The van der Waals surface area contributed by atoms with Gasteiger partial charge in [0.25, 0.3) is 0 Å². The molecular formula is C57H96N8O20S4. The summed E-state index contributed by atoms with van der Waals surface area (Å²) in [6.07, 6.45) is -0.264. The number of esters is 4. The third kappa shape index (κ3) is 32.6. The van der Waals surface area contributed by atoms with Gasteiger partial charge in [-0.3, -0.25) is 38.4 Å². The Bertz CT molecular complexity index is 2000. The summed E-state index contributed by atoms with van der Waals surface area (Å²) in [5.41, 5.74) is -1.32. The first-order chi connectivity index (χ1) is 42.2. The van der Waals surface area contributed by atoms with Crippen LogP contribution in [0.1, 0.15) is 107 Å². The van der Waals surface area contributed by atoms with Gasteiger partial charge in [-0.25, -0.2) is 19.2 Å². The third-order valence-electron chi connectivity index (χ3n) is 13.3. The molecule has 0 aromatic rings. The number of rotatable bonds is 20. The molecule has 2 saturated heterocycles. The monoisotopic (exact) mass is 1340 g/mol. The summed E-state index contributed by atoms with van der Waals surface area (Å²) in [6.45, 7) is 12.9. The maximum absolute atomic E-state index is 13.9. The Kier molecular flexibility index (Phi) is 39.2. The van der Waals surface area contributed by atoms with Gasteiger partial charge in [-0.05, 0) is 49.4 Å². The highest BCUT2D eigenvalue weighted by atomic mass is 33.1. The van der Waals surface area contributed by atoms with E-state index in [4.69, 9.17) is 37.9 Å². The minimum Gasteiger partial charge on any atom is -0.467 e. The van der Waals surface area contributed by atoms with Crippen LogP contribution >= 0.6 is 43.2 Å². The molecule has 0 aliphatic carbocycles. The van der Waals surface area contributed by atoms with Crippen LogP contribution in [0.4, 0.5) is 0 Å². The van der Waals surface area contributed by atoms with Crippen LogP contribution in [-0.4, -0.2) is 224 Å². The third-order valence-corrected chi connectivity index (χ3v) is 18.1. The molecular weight excluding hydrogens is 1240 g/mol. The predicted octanol–water partition coefficient (Wildman–Crippen LogP) is 1.14. The number of hydrogen-bond donors (Lipinski definition) is 8. The average Bonchev–Trinajstić information content (AvgIpc) is 3.75. The zero-order valence-electron chi connectivity index (χ0n) is 53.4. The quantitative estimate of drug-likeness (QED) is 0.0481. The fourth-order valence-electron chi connectivity index (χ4n) is 8.73. The highest BCUT2D eigenvalue weighted by Crippen LogP contribution is 2.27. The fourth-order valence-corrected chi connectivity index (χ4v) is 13.4. The molecule has 508 valence electrons. The molecule has 2 aliphatic heterocycles. The van der Waals surface area contributed by atoms with Gasteiger partial charge < -0.3 is 80.4 Å². The predicted molar refractivity (Wildman–Crippen MR) is 335 cm³/mol. The van der Waals surface area contributed by atoms with Gasteiger partial charge in [0, 0.05) is 48.7 Å². The number of hydrogen-bond acceptors (Lipinski definition) is 24. The molecule has 8 amide bonds. The molecule has 2 fully saturated rings. The fraction of sp³-hybridized carbons (Fsp3) is 0.789. The first-order valence-electron chi connectivity index (χ1n) is 29.7. The smallest absolute Gasteiger partial charge is 0.328 e. The van der Waals surface area contributed by atoms with E-state index in [2.05, 4.69) is 42.5 Å². The molecule has 0 bridgehead atoms. The second kappa shape index (κ2) is 43.6. The molecule has 1 spiro atoms. The van der Waals surface area contributed by atoms with Gasteiger partial charge in [0.05, 0.1) is 86.7 Å². The second-order valence-corrected chi connectivity index (χ2v) is 28.3. The molecule has 89 heavy (non-hydrogen) atoms. The van der Waals surface area contributed by atoms with Crippen LogP contribution < -0.4 is 42.5 Å². The molecule has 0 radical (unpaired) electrons. The van der Waals surface area contributed by atoms with Crippen LogP contribution in [0.5, 0.6) is 0 Å². The normalized spacial score (nSPS) is 23.0. The number of nitrogens with one attached hydrogen (secondary N) is 8. The van der Waals surface area contributed by atoms with E-state index < -0.39 is 125 Å². The first kappa shape index (κ1) is 80.0. The Morgan fingerprint density at radius 1 is 0.393 bits per heavy atom. The van der Waals surface area contributed by atoms with Gasteiger partial charge in [-0.1, -0.05) is 98.6 Å². The summed E-state index contributed by atoms with van der Waals surface area (Å²) >= 11 is 0. The Labute approximate surface area is 538 Å². The Morgan fingerprint density at radius 2 is 0.584 bits per heavy atom. The molecule has 3 unspecified atom stereocenters. The highest BCUT2D eigenvalue weighted by molar-refractivity contribution is 8.77. The van der Waals surface area contributed by atoms with Gasteiger partial charge >= 0.3 is 23.9 Å². The van der Waals surface area contributed by atoms with E-state index in [1.807, 2.05) is 55.4 Å². The zero-order valence-corrected chi connectivity index (χ0v) is 56.6. The van der Waals surface area contributed by atoms with Crippen LogP contribution in [-0.2, 0) is 95.4 Å². The Hall–Kier alpha value is -5.12. The lowest BCUT2D eigenvalue weighted by atomic mass is 9.92. The lowest BCUT2D eigenvalue weighted by Gasteiger charge is -2.33. The van der Waals surface area contributed by atoms with Crippen molar-refractivity contribution in [2.45, 2.75) is 155 Å². The van der Waals surface area contributed by atoms with Crippen molar-refractivity contribution in [1.29, 1.82) is 0 Å². The number of ether oxygens (including phenoxy) is 8. The molecule has 2 rings (SSSR count). The molecule has 2 heterocycles. The van der Waals surface area contributed by atoms with Crippen molar-refractivity contribution < 1.29 is 95.4 Å². The van der Waals surface area contributed by atoms with Crippen molar-refractivity contribution in [1.82, 2.24) is 42.5 Å². The summed E-state index contributed by atoms with van der Waals surface area (Å²) in [5, 5.41) is 21.6. The van der Waals surface area contributed by atoms with Crippen LogP contribution in [0.25, 0.3) is 0 Å². The van der Waals surface area contributed by atoms with Gasteiger partial charge in [0.1, 0.15) is 48.3 Å².